The number of benzene rings is 2. The van der Waals surface area contributed by atoms with Crippen LogP contribution in [0.15, 0.2) is 36.7 Å². The molecular formula is C23H18Cl6N8. The van der Waals surface area contributed by atoms with E-state index in [2.05, 4.69) is 30.6 Å². The number of aromatic nitrogens is 4. The molecule has 0 atom stereocenters. The topological polar surface area (TPSA) is 128 Å². The average molecular weight is 619 g/mol. The van der Waals surface area contributed by atoms with Crippen LogP contribution >= 0.6 is 69.6 Å². The third-order valence-electron chi connectivity index (χ3n) is 5.09. The molecular weight excluding hydrogens is 601 g/mol. The maximum Gasteiger partial charge on any atom is 0.152 e. The summed E-state index contributed by atoms with van der Waals surface area (Å²) in [6.07, 6.45) is 3.82. The molecule has 2 heterocycles. The van der Waals surface area contributed by atoms with Crippen molar-refractivity contribution in [3.05, 3.63) is 66.8 Å². The molecule has 0 aliphatic heterocycles. The first-order valence-electron chi connectivity index (χ1n) is 10.7. The first-order valence-corrected chi connectivity index (χ1v) is 12.9. The number of nitrogens with two attached hydrogens (primary N) is 2. The van der Waals surface area contributed by atoms with Crippen molar-refractivity contribution in [2.45, 2.75) is 6.42 Å². The third kappa shape index (κ3) is 6.34. The predicted molar refractivity (Wildman–Crippen MR) is 155 cm³/mol. The van der Waals surface area contributed by atoms with Gasteiger partial charge in [0.25, 0.3) is 0 Å². The Kier molecular flexibility index (Phi) is 8.90. The highest BCUT2D eigenvalue weighted by atomic mass is 35.5. The fraction of sp³-hybridized carbons (Fsp3) is 0.130. The van der Waals surface area contributed by atoms with E-state index < -0.39 is 0 Å². The van der Waals surface area contributed by atoms with Crippen molar-refractivity contribution in [3.8, 4) is 22.5 Å². The fourth-order valence-electron chi connectivity index (χ4n) is 3.37. The van der Waals surface area contributed by atoms with Crippen LogP contribution < -0.4 is 22.1 Å². The van der Waals surface area contributed by atoms with Gasteiger partial charge in [-0.2, -0.15) is 0 Å². The number of anilines is 4. The van der Waals surface area contributed by atoms with Crippen molar-refractivity contribution in [2.24, 2.45) is 0 Å². The first kappa shape index (κ1) is 27.6. The lowest BCUT2D eigenvalue weighted by Gasteiger charge is -2.12. The van der Waals surface area contributed by atoms with Gasteiger partial charge in [-0.15, -0.1) is 0 Å². The van der Waals surface area contributed by atoms with Gasteiger partial charge in [-0.25, -0.2) is 19.9 Å². The minimum atomic E-state index is 0.168. The summed E-state index contributed by atoms with van der Waals surface area (Å²) in [5, 5.41) is 8.33. The molecule has 4 aromatic rings. The standard InChI is InChI=1S/C23H18Cl6N8/c24-10-6-11(18(28)14(27)7-10)20-22(30)36-15(8-34-20)32-4-1-5-33-16-9-35-21(23(31)37-16)17-12(25)2-3-13(26)19(17)29/h2-3,6-9H,1,4-5H2,(H3,30,32,36)(H3,31,33,37). The Hall–Kier alpha value is -2.46. The summed E-state index contributed by atoms with van der Waals surface area (Å²) in [7, 11) is 0. The predicted octanol–water partition coefficient (Wildman–Crippen LogP) is 7.60. The SMILES string of the molecule is Nc1nc(NCCCNc2cnc(-c3c(Cl)ccc(Cl)c3Cl)c(N)n2)cnc1-c1cc(Cl)cc(Cl)c1Cl. The second-order valence-corrected chi connectivity index (χ2v) is 10.1. The van der Waals surface area contributed by atoms with E-state index in [9.17, 15) is 0 Å². The summed E-state index contributed by atoms with van der Waals surface area (Å²) in [4.78, 5) is 17.4. The summed E-state index contributed by atoms with van der Waals surface area (Å²) in [6, 6.07) is 6.40. The molecule has 14 heteroatoms. The zero-order chi connectivity index (χ0) is 26.7. The van der Waals surface area contributed by atoms with E-state index in [0.717, 1.165) is 0 Å². The van der Waals surface area contributed by atoms with Gasteiger partial charge in [0.1, 0.15) is 23.0 Å². The van der Waals surface area contributed by atoms with E-state index in [1.54, 1.807) is 36.7 Å². The lowest BCUT2D eigenvalue weighted by atomic mass is 10.1. The summed E-state index contributed by atoms with van der Waals surface area (Å²) >= 11 is 37.1. The molecule has 192 valence electrons. The number of rotatable bonds is 8. The number of halogens is 6. The number of nitrogens with zero attached hydrogens (tertiary/aromatic N) is 4. The molecule has 0 bridgehead atoms. The number of hydrogen-bond donors (Lipinski definition) is 4. The van der Waals surface area contributed by atoms with Gasteiger partial charge in [-0.05, 0) is 30.7 Å². The van der Waals surface area contributed by atoms with Gasteiger partial charge in [0.15, 0.2) is 11.6 Å². The Bertz CT molecular complexity index is 1470. The molecule has 0 radical (unpaired) electrons. The van der Waals surface area contributed by atoms with Crippen molar-refractivity contribution in [2.75, 3.05) is 35.2 Å². The molecule has 0 amide bonds. The summed E-state index contributed by atoms with van der Waals surface area (Å²) in [6.45, 7) is 1.16. The van der Waals surface area contributed by atoms with Gasteiger partial charge in [0.2, 0.25) is 0 Å². The lowest BCUT2D eigenvalue weighted by Crippen LogP contribution is -2.12. The van der Waals surface area contributed by atoms with E-state index in [-0.39, 0.29) is 16.7 Å². The molecule has 0 aliphatic carbocycles. The number of nitrogens with one attached hydrogen (secondary N) is 2. The molecule has 37 heavy (non-hydrogen) atoms. The molecule has 0 fully saturated rings. The van der Waals surface area contributed by atoms with Crippen LogP contribution in [0.5, 0.6) is 0 Å². The van der Waals surface area contributed by atoms with E-state index in [1.165, 1.54) is 0 Å². The van der Waals surface area contributed by atoms with Crippen molar-refractivity contribution in [1.29, 1.82) is 0 Å². The normalized spacial score (nSPS) is 11.0. The van der Waals surface area contributed by atoms with Gasteiger partial charge >= 0.3 is 0 Å². The molecule has 4 rings (SSSR count). The maximum absolute atomic E-state index is 6.29. The van der Waals surface area contributed by atoms with Crippen molar-refractivity contribution < 1.29 is 0 Å². The molecule has 0 unspecified atom stereocenters. The Labute approximate surface area is 242 Å². The van der Waals surface area contributed by atoms with E-state index in [1.807, 2.05) is 0 Å². The average Bonchev–Trinajstić information content (AvgIpc) is 2.85. The van der Waals surface area contributed by atoms with Gasteiger partial charge in [0, 0.05) is 29.2 Å². The maximum atomic E-state index is 6.29. The summed E-state index contributed by atoms with van der Waals surface area (Å²) in [5.74, 6) is 1.37. The molecule has 6 N–H and O–H groups in total. The molecule has 0 aliphatic rings. The zero-order valence-electron chi connectivity index (χ0n) is 18.8. The van der Waals surface area contributed by atoms with Crippen LogP contribution in [-0.2, 0) is 0 Å². The van der Waals surface area contributed by atoms with Gasteiger partial charge in [-0.1, -0.05) is 69.6 Å². The van der Waals surface area contributed by atoms with E-state index in [4.69, 9.17) is 81.1 Å². The monoisotopic (exact) mass is 616 g/mol. The highest BCUT2D eigenvalue weighted by Crippen LogP contribution is 2.40. The molecule has 0 saturated carbocycles. The van der Waals surface area contributed by atoms with Crippen LogP contribution in [0.25, 0.3) is 22.5 Å². The van der Waals surface area contributed by atoms with E-state index >= 15 is 0 Å². The van der Waals surface area contributed by atoms with Gasteiger partial charge in [0.05, 0.1) is 37.5 Å². The van der Waals surface area contributed by atoms with Crippen LogP contribution in [0.1, 0.15) is 6.42 Å². The van der Waals surface area contributed by atoms with Crippen LogP contribution in [0.2, 0.25) is 30.1 Å². The van der Waals surface area contributed by atoms with Gasteiger partial charge < -0.3 is 22.1 Å². The van der Waals surface area contributed by atoms with Crippen LogP contribution in [-0.4, -0.2) is 33.0 Å². The summed E-state index contributed by atoms with van der Waals surface area (Å²) < 4.78 is 0. The minimum absolute atomic E-state index is 0.168. The molecule has 2 aromatic carbocycles. The molecule has 8 nitrogen and oxygen atoms in total. The fourth-order valence-corrected chi connectivity index (χ4v) is 4.77. The van der Waals surface area contributed by atoms with Crippen LogP contribution in [0.4, 0.5) is 23.3 Å². The number of nitrogen functional groups attached to an aromatic ring is 2. The minimum Gasteiger partial charge on any atom is -0.382 e. The molecule has 0 saturated heterocycles. The Morgan fingerprint density at radius 3 is 1.84 bits per heavy atom. The molecule has 0 spiro atoms. The van der Waals surface area contributed by atoms with Crippen molar-refractivity contribution in [3.63, 3.8) is 0 Å². The van der Waals surface area contributed by atoms with Crippen molar-refractivity contribution >= 4 is 92.9 Å². The van der Waals surface area contributed by atoms with Crippen LogP contribution in [0, 0.1) is 0 Å². The quantitative estimate of drug-likeness (QED) is 0.117. The lowest BCUT2D eigenvalue weighted by molar-refractivity contribution is 0.896. The molecule has 2 aromatic heterocycles. The second kappa shape index (κ2) is 11.9. The van der Waals surface area contributed by atoms with Crippen LogP contribution in [0.3, 0.4) is 0 Å². The summed E-state index contributed by atoms with van der Waals surface area (Å²) in [5.41, 5.74) is 13.9. The third-order valence-corrected chi connectivity index (χ3v) is 7.23. The van der Waals surface area contributed by atoms with E-state index in [0.29, 0.717) is 78.8 Å². The second-order valence-electron chi connectivity index (χ2n) is 7.65. The van der Waals surface area contributed by atoms with Crippen molar-refractivity contribution in [1.82, 2.24) is 19.9 Å². The van der Waals surface area contributed by atoms with Gasteiger partial charge in [-0.3, -0.25) is 0 Å². The Balaban J connectivity index is 1.33. The Morgan fingerprint density at radius 2 is 1.24 bits per heavy atom. The largest absolute Gasteiger partial charge is 0.382 e. The highest BCUT2D eigenvalue weighted by Gasteiger charge is 2.17. The highest BCUT2D eigenvalue weighted by molar-refractivity contribution is 6.46. The zero-order valence-corrected chi connectivity index (χ0v) is 23.3. The smallest absolute Gasteiger partial charge is 0.152 e. The Morgan fingerprint density at radius 1 is 0.676 bits per heavy atom. The first-order chi connectivity index (χ1) is 17.7. The number of hydrogen-bond acceptors (Lipinski definition) is 8.